The molecular formula is C19H18N4O3S. The van der Waals surface area contributed by atoms with Crippen molar-refractivity contribution in [2.24, 2.45) is 0 Å². The van der Waals surface area contributed by atoms with Gasteiger partial charge in [-0.25, -0.2) is 0 Å². The Bertz CT molecular complexity index is 1070. The average Bonchev–Trinajstić information content (AvgIpc) is 3.44. The number of hydrogen-bond acceptors (Lipinski definition) is 6. The van der Waals surface area contributed by atoms with Gasteiger partial charge in [-0.1, -0.05) is 11.2 Å². The third kappa shape index (κ3) is 3.56. The van der Waals surface area contributed by atoms with E-state index in [1.165, 1.54) is 11.3 Å². The van der Waals surface area contributed by atoms with Crippen LogP contribution < -0.4 is 4.74 Å². The van der Waals surface area contributed by atoms with Crippen molar-refractivity contribution in [3.8, 4) is 17.3 Å². The minimum atomic E-state index is -0.00159. The molecule has 27 heavy (non-hydrogen) atoms. The van der Waals surface area contributed by atoms with Gasteiger partial charge in [-0.2, -0.15) is 4.98 Å². The van der Waals surface area contributed by atoms with E-state index >= 15 is 0 Å². The molecule has 0 aliphatic carbocycles. The fourth-order valence-electron chi connectivity index (χ4n) is 2.77. The van der Waals surface area contributed by atoms with E-state index < -0.39 is 0 Å². The molecule has 0 saturated carbocycles. The molecule has 3 aromatic heterocycles. The van der Waals surface area contributed by atoms with Crippen molar-refractivity contribution >= 4 is 28.1 Å². The van der Waals surface area contributed by atoms with Gasteiger partial charge < -0.3 is 19.1 Å². The molecule has 0 fully saturated rings. The SMILES string of the molecule is COc1ccc2cc(-c3nc(CCN(C)C(=O)c4cccs4)no3)[nH]c2c1. The molecule has 0 radical (unpaired) electrons. The number of nitrogens with one attached hydrogen (secondary N) is 1. The van der Waals surface area contributed by atoms with Gasteiger partial charge in [0.15, 0.2) is 5.82 Å². The van der Waals surface area contributed by atoms with Crippen LogP contribution in [0.4, 0.5) is 0 Å². The maximum Gasteiger partial charge on any atom is 0.274 e. The summed E-state index contributed by atoms with van der Waals surface area (Å²) in [5, 5.41) is 6.95. The van der Waals surface area contributed by atoms with Gasteiger partial charge in [-0.3, -0.25) is 4.79 Å². The summed E-state index contributed by atoms with van der Waals surface area (Å²) in [4.78, 5) is 22.3. The van der Waals surface area contributed by atoms with Crippen molar-refractivity contribution in [2.75, 3.05) is 20.7 Å². The molecule has 1 N–H and O–H groups in total. The molecule has 1 amide bonds. The van der Waals surface area contributed by atoms with Crippen LogP contribution in [0.5, 0.6) is 5.75 Å². The minimum Gasteiger partial charge on any atom is -0.497 e. The van der Waals surface area contributed by atoms with E-state index in [-0.39, 0.29) is 5.91 Å². The number of carbonyl (C=O) groups excluding carboxylic acids is 1. The van der Waals surface area contributed by atoms with Crippen molar-refractivity contribution in [1.29, 1.82) is 0 Å². The number of amides is 1. The maximum atomic E-state index is 12.3. The molecule has 8 heteroatoms. The molecule has 7 nitrogen and oxygen atoms in total. The van der Waals surface area contributed by atoms with Crippen LogP contribution in [0.15, 0.2) is 46.3 Å². The smallest absolute Gasteiger partial charge is 0.274 e. The van der Waals surface area contributed by atoms with Crippen LogP contribution in [0.1, 0.15) is 15.5 Å². The number of nitrogens with zero attached hydrogens (tertiary/aromatic N) is 3. The average molecular weight is 382 g/mol. The number of thiophene rings is 1. The second-order valence-electron chi connectivity index (χ2n) is 6.11. The molecular weight excluding hydrogens is 364 g/mol. The van der Waals surface area contributed by atoms with Crippen LogP contribution in [0.2, 0.25) is 0 Å². The number of aromatic amines is 1. The molecule has 0 saturated heterocycles. The van der Waals surface area contributed by atoms with Gasteiger partial charge in [0, 0.05) is 37.0 Å². The molecule has 0 aliphatic rings. The van der Waals surface area contributed by atoms with E-state index in [0.29, 0.717) is 24.7 Å². The molecule has 0 aliphatic heterocycles. The van der Waals surface area contributed by atoms with Crippen LogP contribution in [0.3, 0.4) is 0 Å². The molecule has 0 atom stereocenters. The number of likely N-dealkylation sites (N-methyl/N-ethyl adjacent to an activating group) is 1. The zero-order chi connectivity index (χ0) is 18.8. The summed E-state index contributed by atoms with van der Waals surface area (Å²) in [6.45, 7) is 0.513. The van der Waals surface area contributed by atoms with Gasteiger partial charge in [0.25, 0.3) is 11.8 Å². The number of ether oxygens (including phenoxy) is 1. The molecule has 1 aromatic carbocycles. The third-order valence-electron chi connectivity index (χ3n) is 4.28. The summed E-state index contributed by atoms with van der Waals surface area (Å²) >= 11 is 1.43. The number of rotatable bonds is 6. The van der Waals surface area contributed by atoms with E-state index in [9.17, 15) is 4.79 Å². The Morgan fingerprint density at radius 3 is 3.00 bits per heavy atom. The van der Waals surface area contributed by atoms with Crippen molar-refractivity contribution in [3.05, 3.63) is 52.5 Å². The number of aromatic nitrogens is 3. The second-order valence-corrected chi connectivity index (χ2v) is 7.05. The van der Waals surface area contributed by atoms with Crippen LogP contribution in [0, 0.1) is 0 Å². The Balaban J connectivity index is 1.45. The molecule has 4 aromatic rings. The molecule has 0 bridgehead atoms. The zero-order valence-corrected chi connectivity index (χ0v) is 15.7. The van der Waals surface area contributed by atoms with Gasteiger partial charge in [0.05, 0.1) is 12.0 Å². The summed E-state index contributed by atoms with van der Waals surface area (Å²) < 4.78 is 10.6. The summed E-state index contributed by atoms with van der Waals surface area (Å²) in [6.07, 6.45) is 0.519. The first kappa shape index (κ1) is 17.3. The maximum absolute atomic E-state index is 12.3. The summed E-state index contributed by atoms with van der Waals surface area (Å²) in [6, 6.07) is 11.4. The third-order valence-corrected chi connectivity index (χ3v) is 5.14. The predicted molar refractivity (Wildman–Crippen MR) is 103 cm³/mol. The van der Waals surface area contributed by atoms with E-state index in [0.717, 1.165) is 27.2 Å². The first-order chi connectivity index (χ1) is 13.1. The number of fused-ring (bicyclic) bond motifs is 1. The first-order valence-electron chi connectivity index (χ1n) is 8.43. The lowest BCUT2D eigenvalue weighted by Gasteiger charge is -2.14. The van der Waals surface area contributed by atoms with E-state index in [2.05, 4.69) is 15.1 Å². The number of benzene rings is 1. The highest BCUT2D eigenvalue weighted by molar-refractivity contribution is 7.12. The Morgan fingerprint density at radius 2 is 2.22 bits per heavy atom. The van der Waals surface area contributed by atoms with Gasteiger partial charge in [0.2, 0.25) is 0 Å². The molecule has 4 rings (SSSR count). The summed E-state index contributed by atoms with van der Waals surface area (Å²) in [5.41, 5.74) is 1.69. The molecule has 3 heterocycles. The standard InChI is InChI=1S/C19H18N4O3S/c1-23(19(24)16-4-3-9-27-16)8-7-17-21-18(26-22-17)15-10-12-5-6-13(25-2)11-14(12)20-15/h3-6,9-11,20H,7-8H2,1-2H3. The van der Waals surface area contributed by atoms with Crippen molar-refractivity contribution in [3.63, 3.8) is 0 Å². The lowest BCUT2D eigenvalue weighted by atomic mass is 10.2. The van der Waals surface area contributed by atoms with E-state index in [1.54, 1.807) is 19.1 Å². The van der Waals surface area contributed by atoms with Gasteiger partial charge in [-0.15, -0.1) is 11.3 Å². The Labute approximate surface area is 159 Å². The van der Waals surface area contributed by atoms with Crippen molar-refractivity contribution < 1.29 is 14.1 Å². The quantitative estimate of drug-likeness (QED) is 0.551. The second kappa shape index (κ2) is 7.24. The lowest BCUT2D eigenvalue weighted by molar-refractivity contribution is 0.0800. The van der Waals surface area contributed by atoms with Gasteiger partial charge in [-0.05, 0) is 29.6 Å². The fourth-order valence-corrected chi connectivity index (χ4v) is 3.49. The summed E-state index contributed by atoms with van der Waals surface area (Å²) in [5.74, 6) is 1.76. The summed E-state index contributed by atoms with van der Waals surface area (Å²) in [7, 11) is 3.41. The Kier molecular flexibility index (Phi) is 4.64. The van der Waals surface area contributed by atoms with Crippen LogP contribution >= 0.6 is 11.3 Å². The number of methoxy groups -OCH3 is 1. The minimum absolute atomic E-state index is 0.00159. The largest absolute Gasteiger partial charge is 0.497 e. The number of H-pyrrole nitrogens is 1. The molecule has 138 valence electrons. The lowest BCUT2D eigenvalue weighted by Crippen LogP contribution is -2.28. The van der Waals surface area contributed by atoms with Crippen molar-refractivity contribution in [1.82, 2.24) is 20.0 Å². The normalized spacial score (nSPS) is 11.0. The topological polar surface area (TPSA) is 84.2 Å². The molecule has 0 unspecified atom stereocenters. The highest BCUT2D eigenvalue weighted by Crippen LogP contribution is 2.26. The zero-order valence-electron chi connectivity index (χ0n) is 14.9. The predicted octanol–water partition coefficient (Wildman–Crippen LogP) is 3.60. The highest BCUT2D eigenvalue weighted by Gasteiger charge is 2.15. The van der Waals surface area contributed by atoms with Gasteiger partial charge in [0.1, 0.15) is 11.4 Å². The van der Waals surface area contributed by atoms with E-state index in [4.69, 9.17) is 9.26 Å². The Morgan fingerprint density at radius 1 is 1.33 bits per heavy atom. The molecule has 0 spiro atoms. The Hall–Kier alpha value is -3.13. The first-order valence-corrected chi connectivity index (χ1v) is 9.30. The number of carbonyl (C=O) groups is 1. The van der Waals surface area contributed by atoms with Crippen LogP contribution in [0.25, 0.3) is 22.5 Å². The van der Waals surface area contributed by atoms with E-state index in [1.807, 2.05) is 41.8 Å². The van der Waals surface area contributed by atoms with Crippen LogP contribution in [-0.4, -0.2) is 46.6 Å². The van der Waals surface area contributed by atoms with Gasteiger partial charge >= 0.3 is 0 Å². The monoisotopic (exact) mass is 382 g/mol. The highest BCUT2D eigenvalue weighted by atomic mass is 32.1. The fraction of sp³-hybridized carbons (Fsp3) is 0.211. The van der Waals surface area contributed by atoms with Crippen LogP contribution in [-0.2, 0) is 6.42 Å². The number of hydrogen-bond donors (Lipinski definition) is 1. The van der Waals surface area contributed by atoms with Crippen molar-refractivity contribution in [2.45, 2.75) is 6.42 Å².